The minimum Gasteiger partial charge on any atom is -0.506 e. The first-order valence-electron chi connectivity index (χ1n) is 9.25. The summed E-state index contributed by atoms with van der Waals surface area (Å²) in [4.78, 5) is 38.8. The van der Waals surface area contributed by atoms with Crippen LogP contribution in [-0.4, -0.2) is 43.7 Å². The number of hydrogen-bond donors (Lipinski definition) is 1. The molecular formula is C23H21NO6. The fourth-order valence-corrected chi connectivity index (χ4v) is 3.25. The van der Waals surface area contributed by atoms with E-state index in [0.29, 0.717) is 11.1 Å². The van der Waals surface area contributed by atoms with Crippen LogP contribution in [0.5, 0.6) is 5.75 Å². The summed E-state index contributed by atoms with van der Waals surface area (Å²) < 4.78 is 9.50. The van der Waals surface area contributed by atoms with Crippen LogP contribution >= 0.6 is 0 Å². The van der Waals surface area contributed by atoms with Gasteiger partial charge in [-0.25, -0.2) is 9.59 Å². The summed E-state index contributed by atoms with van der Waals surface area (Å²) in [5.41, 5.74) is 0.616. The van der Waals surface area contributed by atoms with Crippen molar-refractivity contribution in [2.75, 3.05) is 25.7 Å². The van der Waals surface area contributed by atoms with Gasteiger partial charge in [0, 0.05) is 17.6 Å². The standard InChI is InChI=1S/C23H21NO6/c1-4-24(17-12-15(22(27)29-2)11-16(13-17)23(28)30-3)21(26)19-10-9-14-7-5-6-8-18(14)20(19)25/h5-13,25H,4H2,1-3H3. The van der Waals surface area contributed by atoms with E-state index in [-0.39, 0.29) is 29.0 Å². The highest BCUT2D eigenvalue weighted by molar-refractivity contribution is 6.12. The minimum absolute atomic E-state index is 0.101. The highest BCUT2D eigenvalue weighted by Crippen LogP contribution is 2.31. The average Bonchev–Trinajstić information content (AvgIpc) is 2.78. The van der Waals surface area contributed by atoms with Gasteiger partial charge in [-0.2, -0.15) is 0 Å². The Balaban J connectivity index is 2.11. The number of carbonyl (C=O) groups excluding carboxylic acids is 3. The third kappa shape index (κ3) is 3.82. The van der Waals surface area contributed by atoms with Crippen LogP contribution in [0.25, 0.3) is 10.8 Å². The number of anilines is 1. The molecule has 0 aromatic heterocycles. The molecule has 1 N–H and O–H groups in total. The van der Waals surface area contributed by atoms with Crippen LogP contribution in [0, 0.1) is 0 Å². The third-order valence-electron chi connectivity index (χ3n) is 4.76. The van der Waals surface area contributed by atoms with Gasteiger partial charge in [-0.3, -0.25) is 4.79 Å². The molecule has 0 spiro atoms. The van der Waals surface area contributed by atoms with Crippen molar-refractivity contribution in [1.29, 1.82) is 0 Å². The molecule has 0 aliphatic rings. The molecule has 0 radical (unpaired) electrons. The van der Waals surface area contributed by atoms with E-state index < -0.39 is 17.8 Å². The van der Waals surface area contributed by atoms with Gasteiger partial charge in [0.15, 0.2) is 0 Å². The Hall–Kier alpha value is -3.87. The lowest BCUT2D eigenvalue weighted by molar-refractivity contribution is 0.0598. The van der Waals surface area contributed by atoms with E-state index in [9.17, 15) is 19.5 Å². The topological polar surface area (TPSA) is 93.1 Å². The first-order valence-corrected chi connectivity index (χ1v) is 9.25. The number of phenols is 1. The molecule has 3 aromatic rings. The van der Waals surface area contributed by atoms with Crippen LogP contribution in [0.4, 0.5) is 5.69 Å². The highest BCUT2D eigenvalue weighted by atomic mass is 16.5. The van der Waals surface area contributed by atoms with Gasteiger partial charge in [0.2, 0.25) is 0 Å². The van der Waals surface area contributed by atoms with Gasteiger partial charge in [-0.05, 0) is 36.6 Å². The Bertz CT molecular complexity index is 1100. The molecule has 0 bridgehead atoms. The number of methoxy groups -OCH3 is 2. The van der Waals surface area contributed by atoms with Crippen molar-refractivity contribution in [2.24, 2.45) is 0 Å². The summed E-state index contributed by atoms with van der Waals surface area (Å²) in [5.74, 6) is -1.91. The number of rotatable bonds is 5. The van der Waals surface area contributed by atoms with Crippen molar-refractivity contribution in [3.05, 3.63) is 71.3 Å². The maximum Gasteiger partial charge on any atom is 0.337 e. The summed E-state index contributed by atoms with van der Waals surface area (Å²) in [5, 5.41) is 12.0. The molecule has 0 heterocycles. The van der Waals surface area contributed by atoms with Crippen molar-refractivity contribution in [3.63, 3.8) is 0 Å². The largest absolute Gasteiger partial charge is 0.506 e. The molecule has 7 nitrogen and oxygen atoms in total. The van der Waals surface area contributed by atoms with Gasteiger partial charge in [0.25, 0.3) is 5.91 Å². The zero-order valence-electron chi connectivity index (χ0n) is 16.8. The Morgan fingerprint density at radius 2 is 1.50 bits per heavy atom. The molecule has 3 aromatic carbocycles. The normalized spacial score (nSPS) is 10.5. The van der Waals surface area contributed by atoms with Crippen LogP contribution in [0.1, 0.15) is 38.0 Å². The number of phenolic OH excluding ortho intramolecular Hbond substituents is 1. The number of carbonyl (C=O) groups is 3. The van der Waals surface area contributed by atoms with E-state index in [1.165, 1.54) is 37.3 Å². The predicted molar refractivity (Wildman–Crippen MR) is 112 cm³/mol. The van der Waals surface area contributed by atoms with E-state index in [0.717, 1.165) is 5.39 Å². The molecule has 30 heavy (non-hydrogen) atoms. The van der Waals surface area contributed by atoms with Gasteiger partial charge in [0.05, 0.1) is 30.9 Å². The lowest BCUT2D eigenvalue weighted by Crippen LogP contribution is -2.31. The van der Waals surface area contributed by atoms with Gasteiger partial charge >= 0.3 is 11.9 Å². The van der Waals surface area contributed by atoms with E-state index >= 15 is 0 Å². The molecule has 0 fully saturated rings. The fraction of sp³-hybridized carbons (Fsp3) is 0.174. The third-order valence-corrected chi connectivity index (χ3v) is 4.76. The summed E-state index contributed by atoms with van der Waals surface area (Å²) in [6.07, 6.45) is 0. The van der Waals surface area contributed by atoms with Gasteiger partial charge in [-0.1, -0.05) is 30.3 Å². The molecule has 0 saturated carbocycles. The van der Waals surface area contributed by atoms with Crippen LogP contribution < -0.4 is 4.90 Å². The predicted octanol–water partition coefficient (Wildman–Crippen LogP) is 3.79. The molecule has 0 saturated heterocycles. The second kappa shape index (κ2) is 8.65. The zero-order valence-corrected chi connectivity index (χ0v) is 16.8. The number of benzene rings is 3. The monoisotopic (exact) mass is 407 g/mol. The molecule has 0 aliphatic carbocycles. The molecule has 154 valence electrons. The van der Waals surface area contributed by atoms with Gasteiger partial charge in [-0.15, -0.1) is 0 Å². The van der Waals surface area contributed by atoms with Crippen molar-refractivity contribution in [1.82, 2.24) is 0 Å². The van der Waals surface area contributed by atoms with Crippen LogP contribution in [-0.2, 0) is 9.47 Å². The van der Waals surface area contributed by atoms with E-state index in [1.54, 1.807) is 31.2 Å². The maximum atomic E-state index is 13.3. The maximum absolute atomic E-state index is 13.3. The summed E-state index contributed by atoms with van der Waals surface area (Å²) in [6.45, 7) is 1.98. The van der Waals surface area contributed by atoms with E-state index in [2.05, 4.69) is 0 Å². The van der Waals surface area contributed by atoms with Crippen LogP contribution in [0.3, 0.4) is 0 Å². The average molecular weight is 407 g/mol. The number of fused-ring (bicyclic) bond motifs is 1. The quantitative estimate of drug-likeness (QED) is 0.647. The first kappa shape index (κ1) is 20.9. The van der Waals surface area contributed by atoms with Crippen LogP contribution in [0.2, 0.25) is 0 Å². The number of nitrogens with zero attached hydrogens (tertiary/aromatic N) is 1. The Morgan fingerprint density at radius 3 is 2.07 bits per heavy atom. The van der Waals surface area contributed by atoms with Crippen molar-refractivity contribution in [2.45, 2.75) is 6.92 Å². The summed E-state index contributed by atoms with van der Waals surface area (Å²) in [6, 6.07) is 14.7. The fourth-order valence-electron chi connectivity index (χ4n) is 3.25. The molecule has 0 atom stereocenters. The first-order chi connectivity index (χ1) is 14.4. The van der Waals surface area contributed by atoms with Crippen molar-refractivity contribution in [3.8, 4) is 5.75 Å². The second-order valence-corrected chi connectivity index (χ2v) is 6.48. The van der Waals surface area contributed by atoms with Crippen molar-refractivity contribution >= 4 is 34.3 Å². The Morgan fingerprint density at radius 1 is 0.900 bits per heavy atom. The number of aromatic hydroxyl groups is 1. The molecular weight excluding hydrogens is 386 g/mol. The smallest absolute Gasteiger partial charge is 0.337 e. The minimum atomic E-state index is -0.654. The lowest BCUT2D eigenvalue weighted by atomic mass is 10.0. The SMILES string of the molecule is CCN(C(=O)c1ccc2ccccc2c1O)c1cc(C(=O)OC)cc(C(=O)OC)c1. The number of hydrogen-bond acceptors (Lipinski definition) is 6. The molecule has 0 aliphatic heterocycles. The zero-order chi connectivity index (χ0) is 21.8. The molecule has 1 amide bonds. The van der Waals surface area contributed by atoms with Gasteiger partial charge in [0.1, 0.15) is 5.75 Å². The molecule has 3 rings (SSSR count). The van der Waals surface area contributed by atoms with Gasteiger partial charge < -0.3 is 19.5 Å². The number of ether oxygens (including phenoxy) is 2. The number of amides is 1. The Kier molecular flexibility index (Phi) is 6.01. The lowest BCUT2D eigenvalue weighted by Gasteiger charge is -2.23. The van der Waals surface area contributed by atoms with Crippen LogP contribution in [0.15, 0.2) is 54.6 Å². The number of esters is 2. The van der Waals surface area contributed by atoms with E-state index in [1.807, 2.05) is 12.1 Å². The molecule has 7 heteroatoms. The summed E-state index contributed by atoms with van der Waals surface area (Å²) >= 11 is 0. The van der Waals surface area contributed by atoms with E-state index in [4.69, 9.17) is 9.47 Å². The van der Waals surface area contributed by atoms with Crippen molar-refractivity contribution < 1.29 is 29.0 Å². The highest BCUT2D eigenvalue weighted by Gasteiger charge is 2.23. The summed E-state index contributed by atoms with van der Waals surface area (Å²) in [7, 11) is 2.45. The second-order valence-electron chi connectivity index (χ2n) is 6.48. The Labute approximate surface area is 173 Å². The molecule has 0 unspecified atom stereocenters.